The number of nitrogens with zero attached hydrogens (tertiary/aromatic N) is 3. The van der Waals surface area contributed by atoms with Crippen LogP contribution in [0.4, 0.5) is 0 Å². The van der Waals surface area contributed by atoms with E-state index < -0.39 is 6.10 Å². The summed E-state index contributed by atoms with van der Waals surface area (Å²) in [5.41, 5.74) is 2.69. The van der Waals surface area contributed by atoms with Gasteiger partial charge in [-0.05, 0) is 12.8 Å². The Hall–Kier alpha value is -1.68. The molecule has 4 heteroatoms. The van der Waals surface area contributed by atoms with Crippen LogP contribution < -0.4 is 0 Å². The van der Waals surface area contributed by atoms with Gasteiger partial charge in [-0.25, -0.2) is 4.52 Å². The summed E-state index contributed by atoms with van der Waals surface area (Å²) in [7, 11) is 0. The number of aliphatic hydroxyl groups is 1. The van der Waals surface area contributed by atoms with Crippen LogP contribution in [-0.2, 0) is 0 Å². The summed E-state index contributed by atoms with van der Waals surface area (Å²) in [6.07, 6.45) is 7.74. The summed E-state index contributed by atoms with van der Waals surface area (Å²) >= 11 is 0. The smallest absolute Gasteiger partial charge is 0.0903 e. The lowest BCUT2D eigenvalue weighted by Gasteiger charge is -2.09. The molecule has 16 heavy (non-hydrogen) atoms. The zero-order valence-electron chi connectivity index (χ0n) is 9.30. The Morgan fingerprint density at radius 3 is 3.12 bits per heavy atom. The van der Waals surface area contributed by atoms with Crippen molar-refractivity contribution in [1.29, 1.82) is 0 Å². The second-order valence-electron chi connectivity index (χ2n) is 3.83. The van der Waals surface area contributed by atoms with E-state index in [4.69, 9.17) is 0 Å². The molecule has 0 saturated heterocycles. The second kappa shape index (κ2) is 4.45. The van der Waals surface area contributed by atoms with Crippen molar-refractivity contribution in [2.75, 3.05) is 0 Å². The van der Waals surface area contributed by atoms with E-state index in [1.807, 2.05) is 6.92 Å². The molecule has 4 nitrogen and oxygen atoms in total. The third kappa shape index (κ3) is 1.97. The molecule has 0 bridgehead atoms. The fraction of sp³-hybridized carbons (Fsp3) is 0.333. The summed E-state index contributed by atoms with van der Waals surface area (Å²) in [5, 5.41) is 14.2. The largest absolute Gasteiger partial charge is 0.388 e. The zero-order chi connectivity index (χ0) is 11.5. The molecule has 0 amide bonds. The fourth-order valence-electron chi connectivity index (χ4n) is 1.64. The van der Waals surface area contributed by atoms with Crippen molar-refractivity contribution >= 4 is 5.52 Å². The van der Waals surface area contributed by atoms with Crippen molar-refractivity contribution in [3.05, 3.63) is 42.5 Å². The molecule has 1 N–H and O–H groups in total. The van der Waals surface area contributed by atoms with Crippen LogP contribution >= 0.6 is 0 Å². The van der Waals surface area contributed by atoms with Crippen LogP contribution in [0.5, 0.6) is 0 Å². The van der Waals surface area contributed by atoms with E-state index in [2.05, 4.69) is 16.7 Å². The quantitative estimate of drug-likeness (QED) is 0.798. The van der Waals surface area contributed by atoms with Crippen molar-refractivity contribution in [2.24, 2.45) is 0 Å². The normalized spacial score (nSPS) is 12.9. The minimum atomic E-state index is -0.547. The van der Waals surface area contributed by atoms with Crippen molar-refractivity contribution < 1.29 is 5.11 Å². The molecule has 0 saturated carbocycles. The minimum Gasteiger partial charge on any atom is -0.388 e. The van der Waals surface area contributed by atoms with E-state index >= 15 is 0 Å². The lowest BCUT2D eigenvalue weighted by molar-refractivity contribution is 0.179. The first-order valence-corrected chi connectivity index (χ1v) is 5.34. The lowest BCUT2D eigenvalue weighted by atomic mass is 10.0. The summed E-state index contributed by atoms with van der Waals surface area (Å²) in [6.45, 7) is 5.93. The van der Waals surface area contributed by atoms with Gasteiger partial charge in [0.1, 0.15) is 0 Å². The Labute approximate surface area is 94.3 Å². The first-order valence-electron chi connectivity index (χ1n) is 5.34. The van der Waals surface area contributed by atoms with Gasteiger partial charge >= 0.3 is 0 Å². The van der Waals surface area contributed by atoms with Crippen LogP contribution in [0.25, 0.3) is 5.52 Å². The molecule has 84 valence electrons. The molecule has 1 unspecified atom stereocenters. The Bertz CT molecular complexity index is 504. The first-order chi connectivity index (χ1) is 7.72. The highest BCUT2D eigenvalue weighted by atomic mass is 16.3. The predicted molar refractivity (Wildman–Crippen MR) is 62.0 cm³/mol. The molecule has 0 aliphatic carbocycles. The van der Waals surface area contributed by atoms with Gasteiger partial charge < -0.3 is 5.11 Å². The maximum absolute atomic E-state index is 10.1. The van der Waals surface area contributed by atoms with E-state index in [-0.39, 0.29) is 0 Å². The SMILES string of the molecule is C=C(CC)CC(O)c1cnn2ccncc12. The Kier molecular flexibility index (Phi) is 3.01. The topological polar surface area (TPSA) is 50.4 Å². The Balaban J connectivity index is 2.29. The molecule has 2 rings (SSSR count). The van der Waals surface area contributed by atoms with Crippen molar-refractivity contribution in [2.45, 2.75) is 25.9 Å². The number of hydrogen-bond donors (Lipinski definition) is 1. The number of aliphatic hydroxyl groups excluding tert-OH is 1. The molecule has 2 aromatic rings. The summed E-state index contributed by atoms with van der Waals surface area (Å²) in [5.74, 6) is 0. The van der Waals surface area contributed by atoms with Gasteiger partial charge in [-0.2, -0.15) is 5.10 Å². The maximum Gasteiger partial charge on any atom is 0.0903 e. The molecule has 0 spiro atoms. The van der Waals surface area contributed by atoms with E-state index in [1.54, 1.807) is 29.3 Å². The molecule has 0 fully saturated rings. The number of aromatic nitrogens is 3. The second-order valence-corrected chi connectivity index (χ2v) is 3.83. The third-order valence-electron chi connectivity index (χ3n) is 2.70. The van der Waals surface area contributed by atoms with E-state index in [1.165, 1.54) is 0 Å². The standard InChI is InChI=1S/C12H15N3O/c1-3-9(2)6-12(16)10-7-14-15-5-4-13-8-11(10)15/h4-5,7-8,12,16H,2-3,6H2,1H3. The Morgan fingerprint density at radius 2 is 2.38 bits per heavy atom. The zero-order valence-corrected chi connectivity index (χ0v) is 9.30. The molecule has 0 radical (unpaired) electrons. The van der Waals surface area contributed by atoms with Crippen LogP contribution in [0.3, 0.4) is 0 Å². The molecular weight excluding hydrogens is 202 g/mol. The Morgan fingerprint density at radius 1 is 1.56 bits per heavy atom. The van der Waals surface area contributed by atoms with Crippen molar-refractivity contribution in [1.82, 2.24) is 14.6 Å². The molecule has 0 aliphatic heterocycles. The van der Waals surface area contributed by atoms with Crippen LogP contribution in [-0.4, -0.2) is 19.7 Å². The first kappa shape index (κ1) is 10.8. The highest BCUT2D eigenvalue weighted by Crippen LogP contribution is 2.24. The van der Waals surface area contributed by atoms with Gasteiger partial charge in [-0.15, -0.1) is 0 Å². The van der Waals surface area contributed by atoms with Crippen LogP contribution in [0.2, 0.25) is 0 Å². The fourth-order valence-corrected chi connectivity index (χ4v) is 1.64. The van der Waals surface area contributed by atoms with Gasteiger partial charge in [0.05, 0.1) is 24.0 Å². The van der Waals surface area contributed by atoms with Gasteiger partial charge in [0.25, 0.3) is 0 Å². The van der Waals surface area contributed by atoms with Crippen LogP contribution in [0, 0.1) is 0 Å². The van der Waals surface area contributed by atoms with Gasteiger partial charge in [0.15, 0.2) is 0 Å². The molecule has 1 atom stereocenters. The average Bonchev–Trinajstić information content (AvgIpc) is 2.72. The highest BCUT2D eigenvalue weighted by Gasteiger charge is 2.14. The third-order valence-corrected chi connectivity index (χ3v) is 2.70. The number of fused-ring (bicyclic) bond motifs is 1. The van der Waals surface area contributed by atoms with E-state index in [0.717, 1.165) is 23.1 Å². The molecule has 0 aromatic carbocycles. The molecule has 2 aromatic heterocycles. The van der Waals surface area contributed by atoms with Gasteiger partial charge in [-0.1, -0.05) is 19.1 Å². The predicted octanol–water partition coefficient (Wildman–Crippen LogP) is 2.12. The van der Waals surface area contributed by atoms with Gasteiger partial charge in [-0.3, -0.25) is 4.98 Å². The van der Waals surface area contributed by atoms with Crippen LogP contribution in [0.15, 0.2) is 36.9 Å². The van der Waals surface area contributed by atoms with Crippen molar-refractivity contribution in [3.8, 4) is 0 Å². The summed E-state index contributed by atoms with van der Waals surface area (Å²) in [4.78, 5) is 4.03. The summed E-state index contributed by atoms with van der Waals surface area (Å²) < 4.78 is 1.71. The lowest BCUT2D eigenvalue weighted by Crippen LogP contribution is -1.98. The average molecular weight is 217 g/mol. The van der Waals surface area contributed by atoms with Crippen LogP contribution in [0.1, 0.15) is 31.4 Å². The van der Waals surface area contributed by atoms with Crippen molar-refractivity contribution in [3.63, 3.8) is 0 Å². The number of rotatable bonds is 4. The molecule has 2 heterocycles. The van der Waals surface area contributed by atoms with Gasteiger partial charge in [0, 0.05) is 18.0 Å². The van der Waals surface area contributed by atoms with E-state index in [0.29, 0.717) is 6.42 Å². The molecular formula is C12H15N3O. The summed E-state index contributed by atoms with van der Waals surface area (Å²) in [6, 6.07) is 0. The highest BCUT2D eigenvalue weighted by molar-refractivity contribution is 5.52. The number of hydrogen-bond acceptors (Lipinski definition) is 3. The monoisotopic (exact) mass is 217 g/mol. The van der Waals surface area contributed by atoms with E-state index in [9.17, 15) is 5.11 Å². The maximum atomic E-state index is 10.1. The van der Waals surface area contributed by atoms with Gasteiger partial charge in [0.2, 0.25) is 0 Å². The molecule has 0 aliphatic rings. The minimum absolute atomic E-state index is 0.547.